The number of amides is 3. The van der Waals surface area contributed by atoms with Gasteiger partial charge in [-0.05, 0) is 45.3 Å². The van der Waals surface area contributed by atoms with Gasteiger partial charge >= 0.3 is 6.03 Å². The molecule has 0 saturated carbocycles. The first kappa shape index (κ1) is 27.9. The number of hydrogen-bond acceptors (Lipinski definition) is 6. The second-order valence-corrected chi connectivity index (χ2v) is 9.56. The molecular formula is C27H34FN5O4. The number of ether oxygens (including phenoxy) is 1. The molecule has 0 radical (unpaired) electrons. The molecule has 1 aliphatic heterocycles. The number of nitrogens with one attached hydrogen (secondary N) is 1. The van der Waals surface area contributed by atoms with Crippen LogP contribution >= 0.6 is 0 Å². The van der Waals surface area contributed by atoms with E-state index in [2.05, 4.69) is 22.1 Å². The number of nitrogens with zero attached hydrogens (tertiary/aromatic N) is 4. The van der Waals surface area contributed by atoms with Gasteiger partial charge < -0.3 is 25.0 Å². The van der Waals surface area contributed by atoms with E-state index < -0.39 is 24.0 Å². The number of halogens is 1. The number of carbonyl (C=O) groups is 2. The topological polar surface area (TPSA) is 98.2 Å². The average Bonchev–Trinajstić information content (AvgIpc) is 2.85. The van der Waals surface area contributed by atoms with Crippen LogP contribution in [0.5, 0.6) is 5.88 Å². The van der Waals surface area contributed by atoms with Gasteiger partial charge in [-0.1, -0.05) is 24.8 Å². The van der Waals surface area contributed by atoms with Crippen molar-refractivity contribution in [2.75, 3.05) is 52.7 Å². The maximum atomic E-state index is 13.5. The normalized spacial score (nSPS) is 18.1. The highest BCUT2D eigenvalue weighted by Gasteiger charge is 2.34. The van der Waals surface area contributed by atoms with Gasteiger partial charge in [-0.3, -0.25) is 9.69 Å². The van der Waals surface area contributed by atoms with Crippen LogP contribution in [-0.4, -0.2) is 96.3 Å². The molecule has 2 N–H and O–H groups in total. The Morgan fingerprint density at radius 2 is 2.11 bits per heavy atom. The Kier molecular flexibility index (Phi) is 9.44. The molecule has 1 aliphatic rings. The zero-order valence-electron chi connectivity index (χ0n) is 21.9. The predicted molar refractivity (Wildman–Crippen MR) is 139 cm³/mol. The molecule has 0 bridgehead atoms. The molecular weight excluding hydrogens is 477 g/mol. The van der Waals surface area contributed by atoms with Crippen molar-refractivity contribution in [2.24, 2.45) is 5.92 Å². The fourth-order valence-electron chi connectivity index (χ4n) is 3.83. The van der Waals surface area contributed by atoms with E-state index in [1.54, 1.807) is 37.2 Å². The molecule has 10 heteroatoms. The summed E-state index contributed by atoms with van der Waals surface area (Å²) >= 11 is 0. The second kappa shape index (κ2) is 12.5. The van der Waals surface area contributed by atoms with Crippen molar-refractivity contribution < 1.29 is 23.8 Å². The van der Waals surface area contributed by atoms with Crippen molar-refractivity contribution in [1.29, 1.82) is 0 Å². The summed E-state index contributed by atoms with van der Waals surface area (Å²) in [5, 5.41) is 12.5. The minimum absolute atomic E-state index is 0.147. The van der Waals surface area contributed by atoms with Crippen molar-refractivity contribution >= 4 is 17.6 Å². The molecule has 37 heavy (non-hydrogen) atoms. The number of carbonyl (C=O) groups excluding carboxylic acids is 2. The highest BCUT2D eigenvalue weighted by molar-refractivity contribution is 5.97. The molecule has 2 heterocycles. The molecule has 198 valence electrons. The van der Waals surface area contributed by atoms with E-state index in [1.165, 1.54) is 23.1 Å². The molecule has 1 aromatic heterocycles. The zero-order valence-corrected chi connectivity index (χ0v) is 21.9. The van der Waals surface area contributed by atoms with Crippen LogP contribution in [0.1, 0.15) is 29.8 Å². The van der Waals surface area contributed by atoms with Crippen LogP contribution in [0.15, 0.2) is 36.5 Å². The van der Waals surface area contributed by atoms with Gasteiger partial charge in [-0.2, -0.15) is 0 Å². The van der Waals surface area contributed by atoms with E-state index in [4.69, 9.17) is 4.74 Å². The van der Waals surface area contributed by atoms with Gasteiger partial charge in [-0.15, -0.1) is 0 Å². The van der Waals surface area contributed by atoms with Crippen LogP contribution in [0.3, 0.4) is 0 Å². The van der Waals surface area contributed by atoms with E-state index in [0.29, 0.717) is 24.3 Å². The lowest BCUT2D eigenvalue weighted by atomic mass is 10.00. The fourth-order valence-corrected chi connectivity index (χ4v) is 3.83. The van der Waals surface area contributed by atoms with Crippen LogP contribution in [0.25, 0.3) is 0 Å². The van der Waals surface area contributed by atoms with Crippen LogP contribution in [0, 0.1) is 23.6 Å². The fraction of sp³-hybridized carbons (Fsp3) is 0.444. The maximum Gasteiger partial charge on any atom is 0.321 e. The molecule has 1 aromatic carbocycles. The minimum Gasteiger partial charge on any atom is -0.472 e. The Balaban J connectivity index is 1.87. The third-order valence-electron chi connectivity index (χ3n) is 6.03. The highest BCUT2D eigenvalue weighted by Crippen LogP contribution is 2.27. The van der Waals surface area contributed by atoms with Crippen LogP contribution in [0.4, 0.5) is 14.9 Å². The molecule has 3 amide bonds. The first-order valence-corrected chi connectivity index (χ1v) is 12.1. The van der Waals surface area contributed by atoms with Crippen molar-refractivity contribution in [3.63, 3.8) is 0 Å². The molecule has 0 aliphatic carbocycles. The van der Waals surface area contributed by atoms with E-state index in [-0.39, 0.29) is 36.4 Å². The van der Waals surface area contributed by atoms with E-state index in [9.17, 15) is 19.1 Å². The van der Waals surface area contributed by atoms with E-state index in [1.807, 2.05) is 25.9 Å². The quantitative estimate of drug-likeness (QED) is 0.579. The molecule has 3 atom stereocenters. The summed E-state index contributed by atoms with van der Waals surface area (Å²) < 4.78 is 19.7. The number of aliphatic hydroxyl groups is 1. The lowest BCUT2D eigenvalue weighted by Gasteiger charge is -2.37. The SMILES string of the molecule is C[C@H]1CN([C@@H](C)CO)C(=O)c2cc(C#CCN(C)C)cnc2O[C@@H]1CN(C)C(=O)Nc1cccc(F)c1. The summed E-state index contributed by atoms with van der Waals surface area (Å²) in [6.45, 7) is 4.53. The van der Waals surface area contributed by atoms with Gasteiger partial charge in [-0.25, -0.2) is 14.2 Å². The van der Waals surface area contributed by atoms with Gasteiger partial charge in [0.05, 0.1) is 25.7 Å². The summed E-state index contributed by atoms with van der Waals surface area (Å²) in [4.78, 5) is 35.6. The van der Waals surface area contributed by atoms with Gasteiger partial charge in [0.1, 0.15) is 17.5 Å². The summed E-state index contributed by atoms with van der Waals surface area (Å²) in [6.07, 6.45) is 1.04. The number of hydrogen-bond donors (Lipinski definition) is 2. The summed E-state index contributed by atoms with van der Waals surface area (Å²) in [7, 11) is 5.44. The van der Waals surface area contributed by atoms with Crippen LogP contribution in [0.2, 0.25) is 0 Å². The lowest BCUT2D eigenvalue weighted by molar-refractivity contribution is 0.0356. The number of benzene rings is 1. The molecule has 9 nitrogen and oxygen atoms in total. The van der Waals surface area contributed by atoms with Gasteiger partial charge in [0.25, 0.3) is 5.91 Å². The molecule has 2 aromatic rings. The molecule has 0 unspecified atom stereocenters. The number of aliphatic hydroxyl groups excluding tert-OH is 1. The van der Waals surface area contributed by atoms with Gasteiger partial charge in [0.2, 0.25) is 5.88 Å². The Hall–Kier alpha value is -3.68. The maximum absolute atomic E-state index is 13.5. The average molecular weight is 512 g/mol. The third-order valence-corrected chi connectivity index (χ3v) is 6.03. The minimum atomic E-state index is -0.512. The first-order valence-electron chi connectivity index (χ1n) is 12.1. The van der Waals surface area contributed by atoms with Crippen molar-refractivity contribution in [3.8, 4) is 17.7 Å². The highest BCUT2D eigenvalue weighted by atomic mass is 19.1. The van der Waals surface area contributed by atoms with Crippen molar-refractivity contribution in [3.05, 3.63) is 53.5 Å². The van der Waals surface area contributed by atoms with Crippen LogP contribution in [-0.2, 0) is 0 Å². The van der Waals surface area contributed by atoms with Gasteiger partial charge in [0.15, 0.2) is 0 Å². The Morgan fingerprint density at radius 1 is 1.35 bits per heavy atom. The second-order valence-electron chi connectivity index (χ2n) is 9.56. The smallest absolute Gasteiger partial charge is 0.321 e. The van der Waals surface area contributed by atoms with Crippen molar-refractivity contribution in [2.45, 2.75) is 26.0 Å². The van der Waals surface area contributed by atoms with E-state index in [0.717, 1.165) is 0 Å². The third kappa shape index (κ3) is 7.41. The number of fused-ring (bicyclic) bond motifs is 1. The zero-order chi connectivity index (χ0) is 27.1. The Labute approximate surface area is 217 Å². The van der Waals surface area contributed by atoms with E-state index >= 15 is 0 Å². The number of urea groups is 1. The summed E-state index contributed by atoms with van der Waals surface area (Å²) in [6, 6.07) is 6.44. The molecule has 0 fully saturated rings. The summed E-state index contributed by atoms with van der Waals surface area (Å²) in [5.41, 5.74) is 1.17. The lowest BCUT2D eigenvalue weighted by Crippen LogP contribution is -2.50. The molecule has 0 spiro atoms. The largest absolute Gasteiger partial charge is 0.472 e. The number of pyridine rings is 1. The monoisotopic (exact) mass is 511 g/mol. The number of anilines is 1. The standard InChI is InChI=1S/C27H34FN5O4/c1-18-15-33(19(2)17-34)26(35)23-12-20(8-7-11-31(3)4)14-29-25(23)37-24(18)16-32(5)27(36)30-22-10-6-9-21(28)13-22/h6,9-10,12-14,18-19,24,34H,11,15-17H2,1-5H3,(H,30,36)/t18-,19-,24+/m0/s1. The van der Waals surface area contributed by atoms with Crippen LogP contribution < -0.4 is 10.1 Å². The Morgan fingerprint density at radius 3 is 2.78 bits per heavy atom. The first-order chi connectivity index (χ1) is 17.6. The molecule has 3 rings (SSSR count). The molecule has 0 saturated heterocycles. The number of likely N-dealkylation sites (N-methyl/N-ethyl adjacent to an activating group) is 1. The number of rotatable bonds is 6. The van der Waals surface area contributed by atoms with Crippen molar-refractivity contribution in [1.82, 2.24) is 19.7 Å². The summed E-state index contributed by atoms with van der Waals surface area (Å²) in [5.74, 6) is 5.24. The van der Waals surface area contributed by atoms with Gasteiger partial charge in [0, 0.05) is 37.0 Å². The predicted octanol–water partition coefficient (Wildman–Crippen LogP) is 2.52. The Bertz CT molecular complexity index is 1180. The number of aromatic nitrogens is 1.